The SMILES string of the molecule is C[C@@]1(c2ccsc2)NC(=O)N(CC(=O)Nc2ccc(F)c(F)c2)C1=O. The number of hydrogen-bond donors (Lipinski definition) is 2. The maximum absolute atomic E-state index is 13.2. The molecule has 1 aromatic heterocycles. The Bertz CT molecular complexity index is 856. The Kier molecular flexibility index (Phi) is 4.25. The van der Waals surface area contributed by atoms with Crippen molar-refractivity contribution in [3.63, 3.8) is 0 Å². The Morgan fingerprint density at radius 1 is 1.28 bits per heavy atom. The first kappa shape index (κ1) is 17.0. The second-order valence-corrected chi connectivity index (χ2v) is 6.42. The molecule has 9 heteroatoms. The van der Waals surface area contributed by atoms with Gasteiger partial charge in [0.1, 0.15) is 12.1 Å². The van der Waals surface area contributed by atoms with Crippen molar-refractivity contribution in [2.45, 2.75) is 12.5 Å². The Morgan fingerprint density at radius 3 is 2.68 bits per heavy atom. The molecule has 130 valence electrons. The summed E-state index contributed by atoms with van der Waals surface area (Å²) in [4.78, 5) is 37.5. The average Bonchev–Trinajstić information content (AvgIpc) is 3.16. The van der Waals surface area contributed by atoms with Crippen molar-refractivity contribution < 1.29 is 23.2 Å². The van der Waals surface area contributed by atoms with E-state index < -0.39 is 41.6 Å². The van der Waals surface area contributed by atoms with Crippen LogP contribution in [0.2, 0.25) is 0 Å². The number of nitrogens with zero attached hydrogens (tertiary/aromatic N) is 1. The molecule has 1 aliphatic heterocycles. The van der Waals surface area contributed by atoms with Crippen LogP contribution in [-0.4, -0.2) is 29.3 Å². The van der Waals surface area contributed by atoms with Gasteiger partial charge >= 0.3 is 6.03 Å². The molecule has 0 spiro atoms. The zero-order chi connectivity index (χ0) is 18.2. The minimum absolute atomic E-state index is 0.0246. The molecule has 0 aliphatic carbocycles. The number of benzene rings is 1. The van der Waals surface area contributed by atoms with Crippen LogP contribution in [0.15, 0.2) is 35.0 Å². The topological polar surface area (TPSA) is 78.5 Å². The number of carbonyl (C=O) groups excluding carboxylic acids is 3. The second kappa shape index (κ2) is 6.25. The van der Waals surface area contributed by atoms with E-state index in [1.54, 1.807) is 23.8 Å². The molecule has 3 rings (SSSR count). The van der Waals surface area contributed by atoms with E-state index in [2.05, 4.69) is 10.6 Å². The molecule has 1 saturated heterocycles. The third-order valence-corrected chi connectivity index (χ3v) is 4.56. The quantitative estimate of drug-likeness (QED) is 0.817. The van der Waals surface area contributed by atoms with Crippen molar-refractivity contribution in [1.29, 1.82) is 0 Å². The van der Waals surface area contributed by atoms with Crippen LogP contribution in [0.3, 0.4) is 0 Å². The van der Waals surface area contributed by atoms with Gasteiger partial charge in [-0.05, 0) is 41.4 Å². The van der Waals surface area contributed by atoms with Gasteiger partial charge < -0.3 is 10.6 Å². The third-order valence-electron chi connectivity index (χ3n) is 3.88. The number of anilines is 1. The molecule has 4 amide bonds. The van der Waals surface area contributed by atoms with Crippen LogP contribution in [0.5, 0.6) is 0 Å². The maximum atomic E-state index is 13.2. The monoisotopic (exact) mass is 365 g/mol. The van der Waals surface area contributed by atoms with Crippen LogP contribution < -0.4 is 10.6 Å². The molecule has 0 saturated carbocycles. The summed E-state index contributed by atoms with van der Waals surface area (Å²) >= 11 is 1.38. The van der Waals surface area contributed by atoms with Gasteiger partial charge in [0.2, 0.25) is 5.91 Å². The normalized spacial score (nSPS) is 19.9. The number of imide groups is 1. The summed E-state index contributed by atoms with van der Waals surface area (Å²) in [6.07, 6.45) is 0. The van der Waals surface area contributed by atoms with Gasteiger partial charge in [-0.2, -0.15) is 11.3 Å². The number of amides is 4. The van der Waals surface area contributed by atoms with Gasteiger partial charge in [0.05, 0.1) is 0 Å². The Morgan fingerprint density at radius 2 is 2.04 bits per heavy atom. The highest BCUT2D eigenvalue weighted by molar-refractivity contribution is 7.08. The van der Waals surface area contributed by atoms with Crippen molar-refractivity contribution in [3.05, 3.63) is 52.2 Å². The third kappa shape index (κ3) is 3.10. The molecule has 2 heterocycles. The van der Waals surface area contributed by atoms with Gasteiger partial charge in [0, 0.05) is 11.8 Å². The van der Waals surface area contributed by atoms with Gasteiger partial charge in [0.25, 0.3) is 5.91 Å². The molecule has 1 aromatic carbocycles. The fourth-order valence-electron chi connectivity index (χ4n) is 2.50. The summed E-state index contributed by atoms with van der Waals surface area (Å²) in [5, 5.41) is 8.41. The van der Waals surface area contributed by atoms with E-state index >= 15 is 0 Å². The fourth-order valence-corrected chi connectivity index (χ4v) is 3.27. The Labute approximate surface area is 145 Å². The highest BCUT2D eigenvalue weighted by Gasteiger charge is 2.49. The molecule has 6 nitrogen and oxygen atoms in total. The fraction of sp³-hybridized carbons (Fsp3) is 0.188. The van der Waals surface area contributed by atoms with E-state index in [9.17, 15) is 23.2 Å². The van der Waals surface area contributed by atoms with E-state index in [0.717, 1.165) is 17.0 Å². The van der Waals surface area contributed by atoms with Crippen LogP contribution in [-0.2, 0) is 15.1 Å². The largest absolute Gasteiger partial charge is 0.325 e. The van der Waals surface area contributed by atoms with E-state index in [-0.39, 0.29) is 5.69 Å². The van der Waals surface area contributed by atoms with Crippen LogP contribution in [0.25, 0.3) is 0 Å². The summed E-state index contributed by atoms with van der Waals surface area (Å²) in [6.45, 7) is 1.02. The maximum Gasteiger partial charge on any atom is 0.325 e. The predicted molar refractivity (Wildman–Crippen MR) is 86.9 cm³/mol. The van der Waals surface area contributed by atoms with E-state index in [4.69, 9.17) is 0 Å². The number of rotatable bonds is 4. The van der Waals surface area contributed by atoms with Gasteiger partial charge in [-0.1, -0.05) is 0 Å². The lowest BCUT2D eigenvalue weighted by Gasteiger charge is -2.20. The molecule has 1 fully saturated rings. The Hall–Kier alpha value is -2.81. The van der Waals surface area contributed by atoms with E-state index in [1.807, 2.05) is 0 Å². The highest BCUT2D eigenvalue weighted by atomic mass is 32.1. The first-order valence-corrected chi connectivity index (χ1v) is 8.17. The van der Waals surface area contributed by atoms with Crippen molar-refractivity contribution in [2.24, 2.45) is 0 Å². The molecule has 0 unspecified atom stereocenters. The lowest BCUT2D eigenvalue weighted by molar-refractivity contribution is -0.133. The molecule has 1 atom stereocenters. The number of carbonyl (C=O) groups is 3. The molecule has 2 aromatic rings. The molecule has 0 bridgehead atoms. The number of hydrogen-bond acceptors (Lipinski definition) is 4. The van der Waals surface area contributed by atoms with Crippen molar-refractivity contribution in [2.75, 3.05) is 11.9 Å². The number of urea groups is 1. The molecular formula is C16H13F2N3O3S. The summed E-state index contributed by atoms with van der Waals surface area (Å²) < 4.78 is 26.1. The minimum Gasteiger partial charge on any atom is -0.324 e. The van der Waals surface area contributed by atoms with Crippen molar-refractivity contribution >= 4 is 34.9 Å². The predicted octanol–water partition coefficient (Wildman–Crippen LogP) is 2.43. The molecule has 25 heavy (non-hydrogen) atoms. The standard InChI is InChI=1S/C16H13F2N3O3S/c1-16(9-4-5-25-8-9)14(23)21(15(24)20-16)7-13(22)19-10-2-3-11(17)12(18)6-10/h2-6,8H,7H2,1H3,(H,19,22)(H,20,24)/t16-/m0/s1. The van der Waals surface area contributed by atoms with Crippen LogP contribution in [0, 0.1) is 11.6 Å². The summed E-state index contributed by atoms with van der Waals surface area (Å²) in [6, 6.07) is 3.88. The molecule has 2 N–H and O–H groups in total. The summed E-state index contributed by atoms with van der Waals surface area (Å²) in [5.74, 6) is -3.42. The molecule has 0 radical (unpaired) electrons. The summed E-state index contributed by atoms with van der Waals surface area (Å²) in [7, 11) is 0. The molecule has 1 aliphatic rings. The zero-order valence-electron chi connectivity index (χ0n) is 13.0. The minimum atomic E-state index is -1.24. The zero-order valence-corrected chi connectivity index (χ0v) is 13.8. The number of thiophene rings is 1. The first-order chi connectivity index (χ1) is 11.8. The first-order valence-electron chi connectivity index (χ1n) is 7.23. The lowest BCUT2D eigenvalue weighted by Crippen LogP contribution is -2.41. The smallest absolute Gasteiger partial charge is 0.324 e. The van der Waals surface area contributed by atoms with Gasteiger partial charge in [-0.25, -0.2) is 13.6 Å². The van der Waals surface area contributed by atoms with Crippen molar-refractivity contribution in [3.8, 4) is 0 Å². The van der Waals surface area contributed by atoms with Crippen molar-refractivity contribution in [1.82, 2.24) is 10.2 Å². The average molecular weight is 365 g/mol. The second-order valence-electron chi connectivity index (χ2n) is 5.64. The van der Waals surface area contributed by atoms with E-state index in [1.165, 1.54) is 17.4 Å². The highest BCUT2D eigenvalue weighted by Crippen LogP contribution is 2.30. The summed E-state index contributed by atoms with van der Waals surface area (Å²) in [5.41, 5.74) is -0.588. The van der Waals surface area contributed by atoms with Gasteiger partial charge in [-0.15, -0.1) is 0 Å². The van der Waals surface area contributed by atoms with Gasteiger partial charge in [-0.3, -0.25) is 14.5 Å². The van der Waals surface area contributed by atoms with Gasteiger partial charge in [0.15, 0.2) is 11.6 Å². The van der Waals surface area contributed by atoms with E-state index in [0.29, 0.717) is 5.56 Å². The lowest BCUT2D eigenvalue weighted by atomic mass is 9.95. The number of halogens is 2. The number of nitrogens with one attached hydrogen (secondary N) is 2. The Balaban J connectivity index is 1.72. The van der Waals surface area contributed by atoms with Crippen LogP contribution >= 0.6 is 11.3 Å². The molecular weight excluding hydrogens is 352 g/mol. The van der Waals surface area contributed by atoms with Crippen LogP contribution in [0.1, 0.15) is 12.5 Å². The van der Waals surface area contributed by atoms with Crippen LogP contribution in [0.4, 0.5) is 19.3 Å².